The van der Waals surface area contributed by atoms with E-state index in [0.29, 0.717) is 29.2 Å². The van der Waals surface area contributed by atoms with E-state index in [1.54, 1.807) is 18.2 Å². The molecule has 21 heavy (non-hydrogen) atoms. The normalized spacial score (nSPS) is 11.4. The fraction of sp³-hybridized carbons (Fsp3) is 0.200. The van der Waals surface area contributed by atoms with Gasteiger partial charge in [0, 0.05) is 11.6 Å². The summed E-state index contributed by atoms with van der Waals surface area (Å²) in [6.07, 6.45) is -3.94. The molecular weight excluding hydrogens is 303 g/mol. The average Bonchev–Trinajstić information content (AvgIpc) is 2.42. The molecule has 0 amide bonds. The minimum Gasteiger partial charge on any atom is -0.506 e. The van der Waals surface area contributed by atoms with Crippen LogP contribution < -0.4 is 5.32 Å². The van der Waals surface area contributed by atoms with Crippen molar-refractivity contribution in [2.45, 2.75) is 12.6 Å². The fourth-order valence-electron chi connectivity index (χ4n) is 1.89. The third-order valence-electron chi connectivity index (χ3n) is 2.94. The lowest BCUT2D eigenvalue weighted by Gasteiger charge is -2.11. The van der Waals surface area contributed by atoms with E-state index >= 15 is 0 Å². The van der Waals surface area contributed by atoms with Crippen LogP contribution in [0.25, 0.3) is 0 Å². The molecule has 2 N–H and O–H groups in total. The molecule has 0 fully saturated rings. The summed E-state index contributed by atoms with van der Waals surface area (Å²) in [5.74, 6) is 0.0449. The van der Waals surface area contributed by atoms with Gasteiger partial charge in [0.2, 0.25) is 0 Å². The van der Waals surface area contributed by atoms with Crippen LogP contribution in [0.15, 0.2) is 42.5 Å². The maximum Gasteiger partial charge on any atom is 0.416 e. The van der Waals surface area contributed by atoms with Gasteiger partial charge in [-0.05, 0) is 36.2 Å². The van der Waals surface area contributed by atoms with Crippen LogP contribution >= 0.6 is 11.6 Å². The average molecular weight is 316 g/mol. The first-order valence-electron chi connectivity index (χ1n) is 6.25. The molecule has 112 valence electrons. The minimum atomic E-state index is -4.34. The molecule has 0 bridgehead atoms. The molecule has 0 saturated carbocycles. The molecule has 0 heterocycles. The number of rotatable bonds is 4. The Morgan fingerprint density at radius 1 is 1.10 bits per heavy atom. The van der Waals surface area contributed by atoms with E-state index in [1.165, 1.54) is 12.1 Å². The Kier molecular flexibility index (Phi) is 4.63. The van der Waals surface area contributed by atoms with Crippen molar-refractivity contribution < 1.29 is 18.3 Å². The summed E-state index contributed by atoms with van der Waals surface area (Å²) in [5.41, 5.74) is 0.360. The summed E-state index contributed by atoms with van der Waals surface area (Å²) in [7, 11) is 0. The first kappa shape index (κ1) is 15.5. The first-order valence-corrected chi connectivity index (χ1v) is 6.62. The lowest BCUT2D eigenvalue weighted by Crippen LogP contribution is -2.08. The highest BCUT2D eigenvalue weighted by atomic mass is 35.5. The summed E-state index contributed by atoms with van der Waals surface area (Å²) < 4.78 is 37.8. The van der Waals surface area contributed by atoms with Crippen LogP contribution in [0.1, 0.15) is 11.1 Å². The van der Waals surface area contributed by atoms with E-state index in [4.69, 9.17) is 11.6 Å². The minimum absolute atomic E-state index is 0.0449. The van der Waals surface area contributed by atoms with Crippen LogP contribution in [0.5, 0.6) is 5.75 Å². The Morgan fingerprint density at radius 3 is 2.57 bits per heavy atom. The topological polar surface area (TPSA) is 32.3 Å². The highest BCUT2D eigenvalue weighted by Gasteiger charge is 2.30. The second-order valence-corrected chi connectivity index (χ2v) is 4.97. The molecular formula is C15H13ClF3NO. The predicted molar refractivity (Wildman–Crippen MR) is 76.8 cm³/mol. The van der Waals surface area contributed by atoms with Crippen molar-refractivity contribution in [3.05, 3.63) is 58.6 Å². The first-order chi connectivity index (χ1) is 9.86. The summed E-state index contributed by atoms with van der Waals surface area (Å²) in [4.78, 5) is 0. The third-order valence-corrected chi connectivity index (χ3v) is 3.18. The summed E-state index contributed by atoms with van der Waals surface area (Å²) in [6, 6.07) is 9.75. The van der Waals surface area contributed by atoms with Gasteiger partial charge in [0.25, 0.3) is 0 Å². The van der Waals surface area contributed by atoms with Crippen molar-refractivity contribution in [1.29, 1.82) is 0 Å². The van der Waals surface area contributed by atoms with E-state index < -0.39 is 11.7 Å². The molecule has 0 aromatic heterocycles. The third kappa shape index (κ3) is 4.29. The molecule has 0 unspecified atom stereocenters. The van der Waals surface area contributed by atoms with Crippen LogP contribution in [0.4, 0.5) is 18.9 Å². The van der Waals surface area contributed by atoms with Gasteiger partial charge < -0.3 is 10.4 Å². The van der Waals surface area contributed by atoms with Crippen LogP contribution in [0.2, 0.25) is 5.02 Å². The monoisotopic (exact) mass is 315 g/mol. The van der Waals surface area contributed by atoms with Gasteiger partial charge in [0.05, 0.1) is 11.3 Å². The van der Waals surface area contributed by atoms with Crippen LogP contribution in [0.3, 0.4) is 0 Å². The fourth-order valence-corrected chi connectivity index (χ4v) is 2.07. The molecule has 0 aliphatic rings. The van der Waals surface area contributed by atoms with E-state index in [1.807, 2.05) is 0 Å². The van der Waals surface area contributed by atoms with E-state index in [0.717, 1.165) is 12.1 Å². The largest absolute Gasteiger partial charge is 0.506 e. The van der Waals surface area contributed by atoms with Gasteiger partial charge in [0.15, 0.2) is 0 Å². The summed E-state index contributed by atoms with van der Waals surface area (Å²) >= 11 is 5.81. The second kappa shape index (κ2) is 6.26. The number of halogens is 4. The van der Waals surface area contributed by atoms with Gasteiger partial charge in [0.1, 0.15) is 5.75 Å². The van der Waals surface area contributed by atoms with Crippen molar-refractivity contribution in [1.82, 2.24) is 0 Å². The number of alkyl halides is 3. The molecule has 0 radical (unpaired) electrons. The molecule has 2 rings (SSSR count). The zero-order valence-corrected chi connectivity index (χ0v) is 11.7. The smallest absolute Gasteiger partial charge is 0.416 e. The number of nitrogens with one attached hydrogen (secondary N) is 1. The standard InChI is InChI=1S/C15H13ClF3NO/c16-12-4-5-14(21)13(9-12)20-7-6-10-2-1-3-11(8-10)15(17,18)19/h1-5,8-9,20-21H,6-7H2. The van der Waals surface area contributed by atoms with Gasteiger partial charge >= 0.3 is 6.18 Å². The van der Waals surface area contributed by atoms with Gasteiger partial charge in [-0.3, -0.25) is 0 Å². The molecule has 2 aromatic rings. The van der Waals surface area contributed by atoms with Crippen molar-refractivity contribution in [2.75, 3.05) is 11.9 Å². The van der Waals surface area contributed by atoms with Crippen molar-refractivity contribution in [2.24, 2.45) is 0 Å². The molecule has 0 saturated heterocycles. The molecule has 0 atom stereocenters. The zero-order chi connectivity index (χ0) is 15.5. The molecule has 0 aliphatic carbocycles. The number of aromatic hydroxyl groups is 1. The summed E-state index contributed by atoms with van der Waals surface area (Å²) in [6.45, 7) is 0.384. The lowest BCUT2D eigenvalue weighted by molar-refractivity contribution is -0.137. The Morgan fingerprint density at radius 2 is 1.86 bits per heavy atom. The number of anilines is 1. The van der Waals surface area contributed by atoms with Gasteiger partial charge in [-0.2, -0.15) is 13.2 Å². The number of benzene rings is 2. The van der Waals surface area contributed by atoms with Crippen LogP contribution in [-0.4, -0.2) is 11.7 Å². The Labute approximate surface area is 125 Å². The molecule has 0 aliphatic heterocycles. The van der Waals surface area contributed by atoms with Crippen molar-refractivity contribution >= 4 is 17.3 Å². The molecule has 6 heteroatoms. The lowest BCUT2D eigenvalue weighted by atomic mass is 10.1. The van der Waals surface area contributed by atoms with Crippen molar-refractivity contribution in [3.8, 4) is 5.75 Å². The number of phenolic OH excluding ortho intramolecular Hbond substituents is 1. The Balaban J connectivity index is 1.99. The highest BCUT2D eigenvalue weighted by molar-refractivity contribution is 6.30. The quantitative estimate of drug-likeness (QED) is 0.800. The SMILES string of the molecule is Oc1ccc(Cl)cc1NCCc1cccc(C(F)(F)F)c1. The Hall–Kier alpha value is -1.88. The van der Waals surface area contributed by atoms with E-state index in [-0.39, 0.29) is 5.75 Å². The number of hydrogen-bond acceptors (Lipinski definition) is 2. The van der Waals surface area contributed by atoms with Gasteiger partial charge in [-0.15, -0.1) is 0 Å². The van der Waals surface area contributed by atoms with Crippen molar-refractivity contribution in [3.63, 3.8) is 0 Å². The predicted octanol–water partition coefficient (Wildman–Crippen LogP) is 4.72. The van der Waals surface area contributed by atoms with E-state index in [2.05, 4.69) is 5.32 Å². The zero-order valence-electron chi connectivity index (χ0n) is 10.9. The van der Waals surface area contributed by atoms with Gasteiger partial charge in [-0.25, -0.2) is 0 Å². The molecule has 0 spiro atoms. The van der Waals surface area contributed by atoms with Crippen LogP contribution in [0, 0.1) is 0 Å². The maximum absolute atomic E-state index is 12.6. The number of hydrogen-bond donors (Lipinski definition) is 2. The molecule has 2 nitrogen and oxygen atoms in total. The summed E-state index contributed by atoms with van der Waals surface area (Å²) in [5, 5.41) is 13.0. The Bertz CT molecular complexity index is 629. The maximum atomic E-state index is 12.6. The highest BCUT2D eigenvalue weighted by Crippen LogP contribution is 2.30. The van der Waals surface area contributed by atoms with Gasteiger partial charge in [-0.1, -0.05) is 29.8 Å². The molecule has 2 aromatic carbocycles. The second-order valence-electron chi connectivity index (χ2n) is 4.54. The number of phenols is 1. The van der Waals surface area contributed by atoms with E-state index in [9.17, 15) is 18.3 Å². The van der Waals surface area contributed by atoms with Crippen LogP contribution in [-0.2, 0) is 12.6 Å².